The van der Waals surface area contributed by atoms with E-state index in [-0.39, 0.29) is 10.5 Å². The minimum atomic E-state index is -4.50. The number of aromatic nitrogens is 2. The van der Waals surface area contributed by atoms with Crippen molar-refractivity contribution >= 4 is 10.0 Å². The largest absolute Gasteiger partial charge is 0.435 e. The lowest BCUT2D eigenvalue weighted by atomic mass is 9.95. The molecule has 1 aromatic carbocycles. The van der Waals surface area contributed by atoms with Crippen LogP contribution >= 0.6 is 0 Å². The minimum absolute atomic E-state index is 0.0877. The number of sulfonamides is 1. The highest BCUT2D eigenvalue weighted by Gasteiger charge is 2.39. The number of nitrogens with zero attached hydrogens (tertiary/aromatic N) is 3. The first kappa shape index (κ1) is 21.3. The number of alkyl halides is 3. The van der Waals surface area contributed by atoms with Crippen molar-refractivity contribution in [3.8, 4) is 5.69 Å². The fourth-order valence-corrected chi connectivity index (χ4v) is 5.26. The molecule has 0 unspecified atom stereocenters. The maximum absolute atomic E-state index is 13.4. The van der Waals surface area contributed by atoms with Crippen molar-refractivity contribution in [2.75, 3.05) is 26.2 Å². The molecule has 0 radical (unpaired) electrons. The molecular formula is C20H25F3N4O2S. The number of benzene rings is 1. The lowest BCUT2D eigenvalue weighted by molar-refractivity contribution is -0.142. The zero-order valence-electron chi connectivity index (χ0n) is 16.6. The van der Waals surface area contributed by atoms with Crippen LogP contribution in [0.3, 0.4) is 0 Å². The number of rotatable bonds is 6. The minimum Gasteiger partial charge on any atom is -0.302 e. The third kappa shape index (κ3) is 4.40. The second-order valence-corrected chi connectivity index (χ2v) is 9.60. The van der Waals surface area contributed by atoms with Crippen LogP contribution in [0.2, 0.25) is 0 Å². The Morgan fingerprint density at radius 2 is 1.67 bits per heavy atom. The first-order chi connectivity index (χ1) is 14.3. The van der Waals surface area contributed by atoms with Crippen molar-refractivity contribution in [1.82, 2.24) is 19.4 Å². The van der Waals surface area contributed by atoms with Crippen molar-refractivity contribution in [3.63, 3.8) is 0 Å². The van der Waals surface area contributed by atoms with Crippen LogP contribution in [-0.4, -0.2) is 49.3 Å². The van der Waals surface area contributed by atoms with Crippen molar-refractivity contribution < 1.29 is 21.6 Å². The summed E-state index contributed by atoms with van der Waals surface area (Å²) in [5, 5.41) is 3.84. The average Bonchev–Trinajstić information content (AvgIpc) is 3.35. The molecule has 6 nitrogen and oxygen atoms in total. The van der Waals surface area contributed by atoms with E-state index in [1.54, 1.807) is 0 Å². The van der Waals surface area contributed by atoms with E-state index in [0.29, 0.717) is 43.7 Å². The van der Waals surface area contributed by atoms with E-state index in [0.717, 1.165) is 32.4 Å². The molecule has 4 rings (SSSR count). The van der Waals surface area contributed by atoms with Gasteiger partial charge in [-0.1, -0.05) is 0 Å². The lowest BCUT2D eigenvalue weighted by Gasteiger charge is -2.16. The summed E-state index contributed by atoms with van der Waals surface area (Å²) in [6.45, 7) is 2.97. The van der Waals surface area contributed by atoms with Gasteiger partial charge in [0.15, 0.2) is 5.69 Å². The molecule has 2 aromatic rings. The van der Waals surface area contributed by atoms with Crippen LogP contribution in [0.15, 0.2) is 29.2 Å². The topological polar surface area (TPSA) is 67.2 Å². The molecule has 1 aliphatic carbocycles. The molecule has 1 saturated heterocycles. The molecule has 1 N–H and O–H groups in total. The van der Waals surface area contributed by atoms with E-state index < -0.39 is 21.9 Å². The number of fused-ring (bicyclic) bond motifs is 1. The third-order valence-corrected chi connectivity index (χ3v) is 7.24. The molecule has 0 amide bonds. The van der Waals surface area contributed by atoms with E-state index in [9.17, 15) is 21.6 Å². The molecule has 2 aliphatic rings. The molecule has 0 spiro atoms. The van der Waals surface area contributed by atoms with Gasteiger partial charge in [0.1, 0.15) is 0 Å². The predicted octanol–water partition coefficient (Wildman–Crippen LogP) is 3.14. The van der Waals surface area contributed by atoms with E-state index in [2.05, 4.69) is 14.7 Å². The Bertz CT molecular complexity index is 994. The molecule has 30 heavy (non-hydrogen) atoms. The zero-order chi connectivity index (χ0) is 21.4. The smallest absolute Gasteiger partial charge is 0.302 e. The van der Waals surface area contributed by atoms with Gasteiger partial charge in [-0.25, -0.2) is 17.8 Å². The summed E-state index contributed by atoms with van der Waals surface area (Å²) >= 11 is 0. The van der Waals surface area contributed by atoms with Crippen LogP contribution in [0.25, 0.3) is 5.69 Å². The zero-order valence-corrected chi connectivity index (χ0v) is 17.4. The van der Waals surface area contributed by atoms with Gasteiger partial charge >= 0.3 is 6.18 Å². The maximum atomic E-state index is 13.4. The number of halogens is 3. The normalized spacial score (nSPS) is 18.0. The Labute approximate surface area is 174 Å². The first-order valence-corrected chi connectivity index (χ1v) is 11.7. The van der Waals surface area contributed by atoms with Gasteiger partial charge in [-0.15, -0.1) is 0 Å². The monoisotopic (exact) mass is 442 g/mol. The van der Waals surface area contributed by atoms with E-state index >= 15 is 0 Å². The molecule has 1 aliphatic heterocycles. The van der Waals surface area contributed by atoms with Gasteiger partial charge in [-0.05, 0) is 75.9 Å². The molecule has 0 bridgehead atoms. The Balaban J connectivity index is 1.53. The van der Waals surface area contributed by atoms with Gasteiger partial charge in [0.25, 0.3) is 0 Å². The van der Waals surface area contributed by atoms with Gasteiger partial charge in [0.2, 0.25) is 10.0 Å². The van der Waals surface area contributed by atoms with Crippen LogP contribution < -0.4 is 4.72 Å². The average molecular weight is 443 g/mol. The van der Waals surface area contributed by atoms with Crippen molar-refractivity contribution in [3.05, 3.63) is 41.2 Å². The summed E-state index contributed by atoms with van der Waals surface area (Å²) in [5.41, 5.74) is 0.416. The van der Waals surface area contributed by atoms with E-state index in [1.807, 2.05) is 0 Å². The maximum Gasteiger partial charge on any atom is 0.435 e. The quantitative estimate of drug-likeness (QED) is 0.747. The number of likely N-dealkylation sites (tertiary alicyclic amines) is 1. The lowest BCUT2D eigenvalue weighted by Crippen LogP contribution is -2.33. The number of hydrogen-bond donors (Lipinski definition) is 1. The van der Waals surface area contributed by atoms with E-state index in [1.165, 1.54) is 28.9 Å². The summed E-state index contributed by atoms with van der Waals surface area (Å²) in [6, 6.07) is 5.85. The number of nitrogens with one attached hydrogen (secondary N) is 1. The molecule has 2 heterocycles. The Morgan fingerprint density at radius 1 is 1.00 bits per heavy atom. The highest BCUT2D eigenvalue weighted by molar-refractivity contribution is 7.89. The second-order valence-electron chi connectivity index (χ2n) is 7.83. The summed E-state index contributed by atoms with van der Waals surface area (Å²) in [5.74, 6) is 0. The van der Waals surface area contributed by atoms with Crippen LogP contribution in [0, 0.1) is 0 Å². The summed E-state index contributed by atoms with van der Waals surface area (Å²) in [6.07, 6.45) is 0.178. The van der Waals surface area contributed by atoms with Gasteiger partial charge in [0, 0.05) is 24.3 Å². The highest BCUT2D eigenvalue weighted by atomic mass is 32.2. The summed E-state index contributed by atoms with van der Waals surface area (Å²) < 4.78 is 69.1. The fourth-order valence-electron chi connectivity index (χ4n) is 4.23. The summed E-state index contributed by atoms with van der Waals surface area (Å²) in [7, 11) is -3.67. The summed E-state index contributed by atoms with van der Waals surface area (Å²) in [4.78, 5) is 2.30. The number of hydrogen-bond acceptors (Lipinski definition) is 4. The third-order valence-electron chi connectivity index (χ3n) is 5.76. The Morgan fingerprint density at radius 3 is 2.33 bits per heavy atom. The molecule has 10 heteroatoms. The van der Waals surface area contributed by atoms with Crippen molar-refractivity contribution in [1.29, 1.82) is 0 Å². The van der Waals surface area contributed by atoms with Gasteiger partial charge in [0.05, 0.1) is 10.6 Å². The first-order valence-electron chi connectivity index (χ1n) is 10.3. The van der Waals surface area contributed by atoms with Crippen LogP contribution in [-0.2, 0) is 29.0 Å². The SMILES string of the molecule is O=S(=O)(NCCN1CCCC1)c1ccc(-n2nc(C(F)(F)F)c3c2CCCC3)cc1. The van der Waals surface area contributed by atoms with Gasteiger partial charge in [-0.3, -0.25) is 0 Å². The standard InChI is InChI=1S/C20H25F3N4O2S/c21-20(22,23)19-17-5-1-2-6-18(17)27(25-19)15-7-9-16(10-8-15)30(28,29)24-11-14-26-12-3-4-13-26/h7-10,24H,1-6,11-14H2. The Hall–Kier alpha value is -1.91. The second kappa shape index (κ2) is 8.32. The fraction of sp³-hybridized carbons (Fsp3) is 0.550. The van der Waals surface area contributed by atoms with Crippen LogP contribution in [0.4, 0.5) is 13.2 Å². The predicted molar refractivity (Wildman–Crippen MR) is 106 cm³/mol. The van der Waals surface area contributed by atoms with Crippen LogP contribution in [0.5, 0.6) is 0 Å². The van der Waals surface area contributed by atoms with E-state index in [4.69, 9.17) is 0 Å². The van der Waals surface area contributed by atoms with Crippen molar-refractivity contribution in [2.45, 2.75) is 49.6 Å². The van der Waals surface area contributed by atoms with Crippen LogP contribution in [0.1, 0.15) is 42.6 Å². The molecular weight excluding hydrogens is 417 g/mol. The molecule has 0 saturated carbocycles. The Kier molecular flexibility index (Phi) is 5.91. The molecule has 1 fully saturated rings. The van der Waals surface area contributed by atoms with Gasteiger partial charge < -0.3 is 4.90 Å². The van der Waals surface area contributed by atoms with Crippen molar-refractivity contribution in [2.24, 2.45) is 0 Å². The molecule has 164 valence electrons. The molecule has 1 aromatic heterocycles. The van der Waals surface area contributed by atoms with Gasteiger partial charge in [-0.2, -0.15) is 18.3 Å². The highest BCUT2D eigenvalue weighted by Crippen LogP contribution is 2.36. The molecule has 0 atom stereocenters.